The van der Waals surface area contributed by atoms with Crippen LogP contribution in [0.25, 0.3) is 0 Å². The molecule has 0 bridgehead atoms. The van der Waals surface area contributed by atoms with E-state index in [4.69, 9.17) is 4.74 Å². The normalized spacial score (nSPS) is 11.8. The van der Waals surface area contributed by atoms with Crippen LogP contribution in [0.5, 0.6) is 0 Å². The number of rotatable bonds is 6. The van der Waals surface area contributed by atoms with E-state index in [1.807, 2.05) is 0 Å². The van der Waals surface area contributed by atoms with Crippen molar-refractivity contribution in [1.82, 2.24) is 0 Å². The third-order valence-corrected chi connectivity index (χ3v) is 2.42. The summed E-state index contributed by atoms with van der Waals surface area (Å²) in [6, 6.07) is 5.13. The lowest BCUT2D eigenvalue weighted by Crippen LogP contribution is -2.29. The first-order valence-electron chi connectivity index (χ1n) is 6.54. The topological polar surface area (TPSA) is 81.7 Å². The standard InChI is InChI=1S/C15H16FNO5/c1-3-21-13(18)8-9-14(19)22-10(2)15(20)17-12-6-4-11(16)5-7-12/h4-10H,3H2,1-2H3,(H,17,20). The highest BCUT2D eigenvalue weighted by Crippen LogP contribution is 2.09. The second-order valence-corrected chi connectivity index (χ2v) is 4.16. The van der Waals surface area contributed by atoms with Crippen molar-refractivity contribution in [1.29, 1.82) is 0 Å². The number of nitrogens with one attached hydrogen (secondary N) is 1. The monoisotopic (exact) mass is 309 g/mol. The number of amides is 1. The minimum absolute atomic E-state index is 0.189. The van der Waals surface area contributed by atoms with Crippen LogP contribution in [0.3, 0.4) is 0 Å². The zero-order valence-corrected chi connectivity index (χ0v) is 12.2. The Morgan fingerprint density at radius 3 is 2.36 bits per heavy atom. The molecule has 1 amide bonds. The van der Waals surface area contributed by atoms with Gasteiger partial charge in [-0.25, -0.2) is 14.0 Å². The molecular weight excluding hydrogens is 293 g/mol. The molecule has 0 aliphatic carbocycles. The third-order valence-electron chi connectivity index (χ3n) is 2.42. The average Bonchev–Trinajstić information content (AvgIpc) is 2.47. The summed E-state index contributed by atoms with van der Waals surface area (Å²) in [5.74, 6) is -2.54. The van der Waals surface area contributed by atoms with E-state index in [1.54, 1.807) is 6.92 Å². The van der Waals surface area contributed by atoms with Crippen LogP contribution >= 0.6 is 0 Å². The number of carbonyl (C=O) groups excluding carboxylic acids is 3. The van der Waals surface area contributed by atoms with Crippen LogP contribution in [0.15, 0.2) is 36.4 Å². The number of hydrogen-bond acceptors (Lipinski definition) is 5. The molecule has 6 nitrogen and oxygen atoms in total. The van der Waals surface area contributed by atoms with E-state index in [2.05, 4.69) is 10.1 Å². The van der Waals surface area contributed by atoms with Crippen molar-refractivity contribution in [2.75, 3.05) is 11.9 Å². The van der Waals surface area contributed by atoms with Gasteiger partial charge in [-0.3, -0.25) is 4.79 Å². The maximum Gasteiger partial charge on any atom is 0.331 e. The fraction of sp³-hybridized carbons (Fsp3) is 0.267. The molecule has 1 unspecified atom stereocenters. The summed E-state index contributed by atoms with van der Waals surface area (Å²) in [7, 11) is 0. The maximum absolute atomic E-state index is 12.7. The van der Waals surface area contributed by atoms with Crippen molar-refractivity contribution in [2.24, 2.45) is 0 Å². The van der Waals surface area contributed by atoms with E-state index < -0.39 is 29.8 Å². The molecule has 0 heterocycles. The van der Waals surface area contributed by atoms with Gasteiger partial charge >= 0.3 is 11.9 Å². The van der Waals surface area contributed by atoms with Crippen LogP contribution < -0.4 is 5.32 Å². The highest BCUT2D eigenvalue weighted by molar-refractivity contribution is 5.97. The minimum Gasteiger partial charge on any atom is -0.463 e. The molecule has 7 heteroatoms. The average molecular weight is 309 g/mol. The van der Waals surface area contributed by atoms with E-state index in [0.29, 0.717) is 5.69 Å². The molecule has 0 spiro atoms. The zero-order valence-electron chi connectivity index (χ0n) is 12.2. The minimum atomic E-state index is -1.08. The predicted octanol–water partition coefficient (Wildman–Crippen LogP) is 1.82. The quantitative estimate of drug-likeness (QED) is 0.640. The van der Waals surface area contributed by atoms with Crippen molar-refractivity contribution in [3.05, 3.63) is 42.2 Å². The van der Waals surface area contributed by atoms with Crippen molar-refractivity contribution < 1.29 is 28.2 Å². The molecule has 0 aliphatic rings. The Labute approximate surface area is 126 Å². The van der Waals surface area contributed by atoms with Gasteiger partial charge in [-0.2, -0.15) is 0 Å². The van der Waals surface area contributed by atoms with Gasteiger partial charge in [0.1, 0.15) is 5.82 Å². The Balaban J connectivity index is 2.48. The van der Waals surface area contributed by atoms with E-state index in [1.165, 1.54) is 31.2 Å². The molecule has 0 aliphatic heterocycles. The lowest BCUT2D eigenvalue weighted by molar-refractivity contribution is -0.148. The molecule has 1 aromatic carbocycles. The Hall–Kier alpha value is -2.70. The van der Waals surface area contributed by atoms with Crippen molar-refractivity contribution in [2.45, 2.75) is 20.0 Å². The molecule has 1 atom stereocenters. The number of ether oxygens (including phenoxy) is 2. The first-order valence-corrected chi connectivity index (χ1v) is 6.54. The molecule has 0 aromatic heterocycles. The predicted molar refractivity (Wildman–Crippen MR) is 76.4 cm³/mol. The Kier molecular flexibility index (Phi) is 6.75. The number of halogens is 1. The van der Waals surface area contributed by atoms with Crippen LogP contribution in [0.1, 0.15) is 13.8 Å². The highest BCUT2D eigenvalue weighted by Gasteiger charge is 2.16. The number of carbonyl (C=O) groups is 3. The van der Waals surface area contributed by atoms with Crippen LogP contribution in [0.4, 0.5) is 10.1 Å². The van der Waals surface area contributed by atoms with Gasteiger partial charge < -0.3 is 14.8 Å². The Morgan fingerprint density at radius 2 is 1.77 bits per heavy atom. The molecule has 22 heavy (non-hydrogen) atoms. The lowest BCUT2D eigenvalue weighted by atomic mass is 10.3. The second-order valence-electron chi connectivity index (χ2n) is 4.16. The van der Waals surface area contributed by atoms with Crippen molar-refractivity contribution >= 4 is 23.5 Å². The number of anilines is 1. The van der Waals surface area contributed by atoms with Crippen LogP contribution in [0, 0.1) is 5.82 Å². The molecule has 1 aromatic rings. The molecule has 1 N–H and O–H groups in total. The van der Waals surface area contributed by atoms with Gasteiger partial charge in [-0.15, -0.1) is 0 Å². The van der Waals surface area contributed by atoms with Crippen molar-refractivity contribution in [3.8, 4) is 0 Å². The second kappa shape index (κ2) is 8.56. The summed E-state index contributed by atoms with van der Waals surface area (Å²) in [5, 5.41) is 2.46. The highest BCUT2D eigenvalue weighted by atomic mass is 19.1. The fourth-order valence-corrected chi connectivity index (χ4v) is 1.37. The van der Waals surface area contributed by atoms with E-state index in [0.717, 1.165) is 12.2 Å². The van der Waals surface area contributed by atoms with Crippen LogP contribution in [0.2, 0.25) is 0 Å². The first-order chi connectivity index (χ1) is 10.4. The number of hydrogen-bond donors (Lipinski definition) is 1. The van der Waals surface area contributed by atoms with E-state index in [9.17, 15) is 18.8 Å². The Morgan fingerprint density at radius 1 is 1.18 bits per heavy atom. The van der Waals surface area contributed by atoms with Crippen LogP contribution in [-0.2, 0) is 23.9 Å². The van der Waals surface area contributed by atoms with Gasteiger partial charge in [-0.1, -0.05) is 0 Å². The molecule has 1 rings (SSSR count). The summed E-state index contributed by atoms with van der Waals surface area (Å²) in [4.78, 5) is 34.2. The summed E-state index contributed by atoms with van der Waals surface area (Å²) in [6.45, 7) is 3.19. The van der Waals surface area contributed by atoms with Gasteiger partial charge in [0.25, 0.3) is 5.91 Å². The number of esters is 2. The summed E-state index contributed by atoms with van der Waals surface area (Å²) in [5.41, 5.74) is 0.372. The lowest BCUT2D eigenvalue weighted by Gasteiger charge is -2.12. The van der Waals surface area contributed by atoms with E-state index >= 15 is 0 Å². The summed E-state index contributed by atoms with van der Waals surface area (Å²) >= 11 is 0. The largest absolute Gasteiger partial charge is 0.463 e. The third kappa shape index (κ3) is 6.17. The van der Waals surface area contributed by atoms with Gasteiger partial charge in [0.2, 0.25) is 0 Å². The van der Waals surface area contributed by atoms with Gasteiger partial charge in [0, 0.05) is 17.8 Å². The molecule has 0 fully saturated rings. The SMILES string of the molecule is CCOC(=O)C=CC(=O)OC(C)C(=O)Nc1ccc(F)cc1. The number of benzene rings is 1. The summed E-state index contributed by atoms with van der Waals surface area (Å²) in [6.07, 6.45) is 0.709. The molecule has 118 valence electrons. The maximum atomic E-state index is 12.7. The van der Waals surface area contributed by atoms with E-state index in [-0.39, 0.29) is 6.61 Å². The van der Waals surface area contributed by atoms with Crippen molar-refractivity contribution in [3.63, 3.8) is 0 Å². The fourth-order valence-electron chi connectivity index (χ4n) is 1.37. The van der Waals surface area contributed by atoms with Gasteiger partial charge in [0.05, 0.1) is 6.61 Å². The summed E-state index contributed by atoms with van der Waals surface area (Å²) < 4.78 is 22.1. The zero-order chi connectivity index (χ0) is 16.5. The molecule has 0 radical (unpaired) electrons. The van der Waals surface area contributed by atoms with Crippen LogP contribution in [-0.4, -0.2) is 30.6 Å². The molecule has 0 saturated heterocycles. The molecular formula is C15H16FNO5. The molecule has 0 saturated carbocycles. The first kappa shape index (κ1) is 17.4. The van der Waals surface area contributed by atoms with Gasteiger partial charge in [-0.05, 0) is 38.1 Å². The smallest absolute Gasteiger partial charge is 0.331 e. The Bertz CT molecular complexity index is 568. The van der Waals surface area contributed by atoms with Gasteiger partial charge in [0.15, 0.2) is 6.10 Å².